The number of aryl methyl sites for hydroxylation is 1. The van der Waals surface area contributed by atoms with Crippen molar-refractivity contribution in [3.05, 3.63) is 63.8 Å². The molecule has 1 fully saturated rings. The first-order valence-corrected chi connectivity index (χ1v) is 11.3. The largest absolute Gasteiger partial charge is 0.497 e. The zero-order valence-electron chi connectivity index (χ0n) is 19.2. The van der Waals surface area contributed by atoms with Crippen molar-refractivity contribution in [3.8, 4) is 23.0 Å². The molecule has 1 N–H and O–H groups in total. The standard InChI is InChI=1S/C25H27NO6S/c1-14-6-11-20(33-14)23(27)21-22(15-7-9-17(29-2)10-8-15)26(25(21)28)16-12-18(30-3)24(32-5)19(13-16)31-4/h6-13,21-23,27H,1-5H3/t21-,22+,23?/m0/s1. The molecule has 3 atom stereocenters. The number of carbonyl (C=O) groups excluding carboxylic acids is 1. The van der Waals surface area contributed by atoms with Crippen LogP contribution in [0.1, 0.15) is 27.5 Å². The topological polar surface area (TPSA) is 77.5 Å². The average Bonchev–Trinajstić information content (AvgIpc) is 3.28. The van der Waals surface area contributed by atoms with Gasteiger partial charge in [0.25, 0.3) is 0 Å². The van der Waals surface area contributed by atoms with Crippen LogP contribution in [0.2, 0.25) is 0 Å². The Kier molecular flexibility index (Phi) is 6.49. The number of amides is 1. The molecule has 2 aromatic carbocycles. The number of methoxy groups -OCH3 is 4. The van der Waals surface area contributed by atoms with Gasteiger partial charge in [0.1, 0.15) is 11.9 Å². The molecule has 7 nitrogen and oxygen atoms in total. The monoisotopic (exact) mass is 469 g/mol. The normalized spacial score (nSPS) is 18.5. The zero-order valence-corrected chi connectivity index (χ0v) is 20.0. The molecule has 0 bridgehead atoms. The molecule has 3 aromatic rings. The maximum Gasteiger partial charge on any atom is 0.236 e. The van der Waals surface area contributed by atoms with Crippen LogP contribution in [0.5, 0.6) is 23.0 Å². The fourth-order valence-corrected chi connectivity index (χ4v) is 5.17. The SMILES string of the molecule is COc1ccc([C@@H]2[C@@H](C(O)c3ccc(C)s3)C(=O)N2c2cc(OC)c(OC)c(OC)c2)cc1. The van der Waals surface area contributed by atoms with Crippen LogP contribution in [-0.4, -0.2) is 39.5 Å². The van der Waals surface area contributed by atoms with Crippen molar-refractivity contribution in [2.24, 2.45) is 5.92 Å². The molecular weight excluding hydrogens is 442 g/mol. The van der Waals surface area contributed by atoms with Gasteiger partial charge in [-0.05, 0) is 36.8 Å². The lowest BCUT2D eigenvalue weighted by atomic mass is 9.77. The number of aliphatic hydroxyl groups excluding tert-OH is 1. The third kappa shape index (κ3) is 4.00. The molecule has 0 spiro atoms. The van der Waals surface area contributed by atoms with Gasteiger partial charge in [-0.3, -0.25) is 4.79 Å². The summed E-state index contributed by atoms with van der Waals surface area (Å²) in [5, 5.41) is 11.2. The number of anilines is 1. The van der Waals surface area contributed by atoms with Crippen LogP contribution in [-0.2, 0) is 4.79 Å². The molecule has 0 radical (unpaired) electrons. The van der Waals surface area contributed by atoms with Crippen molar-refractivity contribution >= 4 is 22.9 Å². The van der Waals surface area contributed by atoms with Crippen molar-refractivity contribution in [2.45, 2.75) is 19.1 Å². The van der Waals surface area contributed by atoms with Crippen LogP contribution >= 0.6 is 11.3 Å². The third-order valence-electron chi connectivity index (χ3n) is 5.92. The van der Waals surface area contributed by atoms with E-state index in [-0.39, 0.29) is 11.9 Å². The summed E-state index contributed by atoms with van der Waals surface area (Å²) in [4.78, 5) is 17.0. The highest BCUT2D eigenvalue weighted by atomic mass is 32.1. The minimum atomic E-state index is -0.915. The first-order chi connectivity index (χ1) is 15.9. The molecule has 1 unspecified atom stereocenters. The summed E-state index contributed by atoms with van der Waals surface area (Å²) in [6, 6.07) is 14.5. The number of hydrogen-bond acceptors (Lipinski definition) is 7. The van der Waals surface area contributed by atoms with Crippen LogP contribution in [0.15, 0.2) is 48.5 Å². The van der Waals surface area contributed by atoms with E-state index in [1.54, 1.807) is 24.1 Å². The van der Waals surface area contributed by atoms with Crippen molar-refractivity contribution in [3.63, 3.8) is 0 Å². The summed E-state index contributed by atoms with van der Waals surface area (Å²) in [5.74, 6) is 1.26. The zero-order chi connectivity index (χ0) is 23.7. The van der Waals surface area contributed by atoms with Gasteiger partial charge in [-0.15, -0.1) is 11.3 Å². The van der Waals surface area contributed by atoms with Crippen molar-refractivity contribution in [1.29, 1.82) is 0 Å². The number of hydrogen-bond donors (Lipinski definition) is 1. The van der Waals surface area contributed by atoms with E-state index >= 15 is 0 Å². The van der Waals surface area contributed by atoms with Crippen LogP contribution in [0.3, 0.4) is 0 Å². The van der Waals surface area contributed by atoms with E-state index in [1.165, 1.54) is 32.7 Å². The van der Waals surface area contributed by atoms with Gasteiger partial charge in [-0.25, -0.2) is 0 Å². The van der Waals surface area contributed by atoms with Crippen LogP contribution in [0, 0.1) is 12.8 Å². The van der Waals surface area contributed by atoms with Gasteiger partial charge in [0.15, 0.2) is 11.5 Å². The number of ether oxygens (including phenoxy) is 4. The number of rotatable bonds is 8. The summed E-state index contributed by atoms with van der Waals surface area (Å²) in [6.07, 6.45) is -0.915. The second kappa shape index (κ2) is 9.33. The average molecular weight is 470 g/mol. The third-order valence-corrected chi connectivity index (χ3v) is 6.99. The van der Waals surface area contributed by atoms with Gasteiger partial charge in [0.05, 0.1) is 46.1 Å². The Morgan fingerprint density at radius 2 is 1.55 bits per heavy atom. The van der Waals surface area contributed by atoms with Crippen molar-refractivity contribution in [1.82, 2.24) is 0 Å². The molecule has 2 heterocycles. The number of nitrogens with zero attached hydrogens (tertiary/aromatic N) is 1. The van der Waals surface area contributed by atoms with Crippen LogP contribution < -0.4 is 23.8 Å². The molecule has 0 saturated carbocycles. The minimum absolute atomic E-state index is 0.177. The Morgan fingerprint density at radius 1 is 0.909 bits per heavy atom. The van der Waals surface area contributed by atoms with E-state index in [1.807, 2.05) is 43.3 Å². The lowest BCUT2D eigenvalue weighted by molar-refractivity contribution is -0.136. The van der Waals surface area contributed by atoms with Gasteiger partial charge >= 0.3 is 0 Å². The van der Waals surface area contributed by atoms with E-state index in [2.05, 4.69) is 0 Å². The molecule has 0 aliphatic carbocycles. The highest BCUT2D eigenvalue weighted by Gasteiger charge is 2.53. The van der Waals surface area contributed by atoms with Gasteiger partial charge in [-0.1, -0.05) is 12.1 Å². The Hall–Kier alpha value is -3.23. The van der Waals surface area contributed by atoms with E-state index in [9.17, 15) is 9.90 Å². The molecule has 174 valence electrons. The fraction of sp³-hybridized carbons (Fsp3) is 0.320. The Bertz CT molecular complexity index is 1120. The second-order valence-electron chi connectivity index (χ2n) is 7.73. The smallest absolute Gasteiger partial charge is 0.236 e. The van der Waals surface area contributed by atoms with E-state index in [4.69, 9.17) is 18.9 Å². The number of thiophene rings is 1. The Balaban J connectivity index is 1.79. The Morgan fingerprint density at radius 3 is 2.03 bits per heavy atom. The molecule has 4 rings (SSSR count). The van der Waals surface area contributed by atoms with Gasteiger partial charge in [0.2, 0.25) is 11.7 Å². The second-order valence-corrected chi connectivity index (χ2v) is 9.05. The van der Waals surface area contributed by atoms with Gasteiger partial charge in [0, 0.05) is 21.9 Å². The van der Waals surface area contributed by atoms with Crippen molar-refractivity contribution in [2.75, 3.05) is 33.3 Å². The molecule has 33 heavy (non-hydrogen) atoms. The van der Waals surface area contributed by atoms with Crippen molar-refractivity contribution < 1.29 is 28.8 Å². The summed E-state index contributed by atoms with van der Waals surface area (Å²) >= 11 is 1.50. The maximum atomic E-state index is 13.5. The van der Waals surface area contributed by atoms with Gasteiger partial charge < -0.3 is 29.0 Å². The molecule has 1 aromatic heterocycles. The highest BCUT2D eigenvalue weighted by Crippen LogP contribution is 2.52. The summed E-state index contributed by atoms with van der Waals surface area (Å²) < 4.78 is 21.7. The summed E-state index contributed by atoms with van der Waals surface area (Å²) in [5.41, 5.74) is 1.49. The van der Waals surface area contributed by atoms with Gasteiger partial charge in [-0.2, -0.15) is 0 Å². The van der Waals surface area contributed by atoms with Crippen LogP contribution in [0.4, 0.5) is 5.69 Å². The minimum Gasteiger partial charge on any atom is -0.497 e. The lowest BCUT2D eigenvalue weighted by Gasteiger charge is -2.49. The van der Waals surface area contributed by atoms with E-state index < -0.39 is 12.0 Å². The van der Waals surface area contributed by atoms with E-state index in [0.717, 1.165) is 21.1 Å². The number of β-lactam (4-membered cyclic amide) rings is 1. The quantitative estimate of drug-likeness (QED) is 0.489. The molecule has 1 amide bonds. The number of aliphatic hydroxyl groups is 1. The van der Waals surface area contributed by atoms with E-state index in [0.29, 0.717) is 22.9 Å². The predicted octanol–water partition coefficient (Wildman–Crippen LogP) is 4.53. The first-order valence-electron chi connectivity index (χ1n) is 10.4. The Labute approximate surface area is 197 Å². The predicted molar refractivity (Wildman–Crippen MR) is 127 cm³/mol. The van der Waals surface area contributed by atoms with Crippen LogP contribution in [0.25, 0.3) is 0 Å². The highest BCUT2D eigenvalue weighted by molar-refractivity contribution is 7.12. The molecular formula is C25H27NO6S. The summed E-state index contributed by atoms with van der Waals surface area (Å²) in [7, 11) is 6.21. The summed E-state index contributed by atoms with van der Waals surface area (Å²) in [6.45, 7) is 1.98. The maximum absolute atomic E-state index is 13.5. The molecule has 1 aliphatic heterocycles. The number of benzene rings is 2. The fourth-order valence-electron chi connectivity index (χ4n) is 4.26. The molecule has 1 saturated heterocycles. The number of carbonyl (C=O) groups is 1. The lowest BCUT2D eigenvalue weighted by Crippen LogP contribution is -2.57. The first kappa shape index (κ1) is 22.9. The molecule has 1 aliphatic rings. The molecule has 8 heteroatoms.